The van der Waals surface area contributed by atoms with Crippen molar-refractivity contribution in [2.45, 2.75) is 88.3 Å². The van der Waals surface area contributed by atoms with E-state index in [1.165, 1.54) is 69.1 Å². The third-order valence-corrected chi connectivity index (χ3v) is 9.33. The molecular formula is C26H34FNS. The van der Waals surface area contributed by atoms with E-state index in [0.717, 1.165) is 36.0 Å². The van der Waals surface area contributed by atoms with Gasteiger partial charge in [-0.3, -0.25) is 0 Å². The molecule has 1 fully saturated rings. The molecule has 4 aliphatic rings. The van der Waals surface area contributed by atoms with Crippen molar-refractivity contribution in [2.75, 3.05) is 7.05 Å². The molecule has 0 N–H and O–H groups in total. The molecule has 3 heteroatoms. The van der Waals surface area contributed by atoms with Crippen molar-refractivity contribution in [3.05, 3.63) is 51.8 Å². The molecule has 1 nitrogen and oxygen atoms in total. The Bertz CT molecular complexity index is 826. The van der Waals surface area contributed by atoms with Gasteiger partial charge in [0.25, 0.3) is 0 Å². The van der Waals surface area contributed by atoms with E-state index < -0.39 is 0 Å². The first-order valence-electron chi connectivity index (χ1n) is 11.8. The number of fused-ring (bicyclic) bond motifs is 2. The Morgan fingerprint density at radius 3 is 2.59 bits per heavy atom. The summed E-state index contributed by atoms with van der Waals surface area (Å²) in [4.78, 5) is 4.32. The molecule has 0 spiro atoms. The van der Waals surface area contributed by atoms with Crippen LogP contribution in [0.15, 0.2) is 40.4 Å². The highest BCUT2D eigenvalue weighted by atomic mass is 32.2. The SMILES string of the molecule is CN(C1=C(c2ccccc2F)CCC1)C1CCCC2=C1C1CCCCCCC1S2. The molecule has 1 aromatic carbocycles. The van der Waals surface area contributed by atoms with Crippen molar-refractivity contribution < 1.29 is 4.39 Å². The lowest BCUT2D eigenvalue weighted by atomic mass is 9.78. The summed E-state index contributed by atoms with van der Waals surface area (Å²) in [6.45, 7) is 0. The molecule has 1 heterocycles. The second-order valence-corrected chi connectivity index (χ2v) is 10.7. The lowest BCUT2D eigenvalue weighted by molar-refractivity contribution is 0.276. The fraction of sp³-hybridized carbons (Fsp3) is 0.615. The minimum Gasteiger partial charge on any atom is -0.371 e. The average molecular weight is 412 g/mol. The summed E-state index contributed by atoms with van der Waals surface area (Å²) in [5.74, 6) is 0.734. The first-order chi connectivity index (χ1) is 14.2. The van der Waals surface area contributed by atoms with Crippen LogP contribution >= 0.6 is 11.8 Å². The molecular weight excluding hydrogens is 377 g/mol. The van der Waals surface area contributed by atoms with Gasteiger partial charge in [-0.1, -0.05) is 43.9 Å². The molecule has 0 saturated heterocycles. The maximum atomic E-state index is 14.6. The molecule has 1 aliphatic heterocycles. The standard InChI is InChI=1S/C26H34FNS/c1-28(22-14-8-12-19(22)18-10-6-7-13-21(18)27)23-15-9-17-25-26(23)20-11-4-2-3-5-16-24(20)29-25/h6-7,10,13,20,23-24H,2-5,8-9,11-12,14-17H2,1H3. The second-order valence-electron chi connectivity index (χ2n) is 9.41. The molecule has 5 rings (SSSR count). The van der Waals surface area contributed by atoms with Gasteiger partial charge in [-0.2, -0.15) is 0 Å². The van der Waals surface area contributed by atoms with Crippen LogP contribution in [0.25, 0.3) is 5.57 Å². The van der Waals surface area contributed by atoms with Crippen LogP contribution in [0, 0.1) is 11.7 Å². The van der Waals surface area contributed by atoms with E-state index in [9.17, 15) is 4.39 Å². The molecule has 3 unspecified atom stereocenters. The van der Waals surface area contributed by atoms with Crippen LogP contribution in [-0.2, 0) is 0 Å². The number of nitrogens with zero attached hydrogens (tertiary/aromatic N) is 1. The Labute approximate surface area is 179 Å². The molecule has 1 saturated carbocycles. The molecule has 3 aliphatic carbocycles. The summed E-state index contributed by atoms with van der Waals surface area (Å²) < 4.78 is 14.6. The predicted molar refractivity (Wildman–Crippen MR) is 122 cm³/mol. The quantitative estimate of drug-likeness (QED) is 0.505. The maximum absolute atomic E-state index is 14.6. The zero-order valence-electron chi connectivity index (χ0n) is 17.8. The van der Waals surface area contributed by atoms with Gasteiger partial charge in [0.2, 0.25) is 0 Å². The predicted octanol–water partition coefficient (Wildman–Crippen LogP) is 7.54. The summed E-state index contributed by atoms with van der Waals surface area (Å²) >= 11 is 2.24. The van der Waals surface area contributed by atoms with Crippen LogP contribution in [0.5, 0.6) is 0 Å². The fourth-order valence-electron chi connectivity index (χ4n) is 6.36. The third-order valence-electron chi connectivity index (χ3n) is 7.74. The zero-order valence-corrected chi connectivity index (χ0v) is 18.6. The van der Waals surface area contributed by atoms with Crippen molar-refractivity contribution in [3.63, 3.8) is 0 Å². The van der Waals surface area contributed by atoms with Crippen molar-refractivity contribution in [1.82, 2.24) is 4.90 Å². The normalized spacial score (nSPS) is 30.1. The minimum atomic E-state index is -0.0599. The first-order valence-corrected chi connectivity index (χ1v) is 12.7. The molecule has 156 valence electrons. The smallest absolute Gasteiger partial charge is 0.130 e. The van der Waals surface area contributed by atoms with Gasteiger partial charge in [0.15, 0.2) is 0 Å². The van der Waals surface area contributed by atoms with Crippen molar-refractivity contribution in [1.29, 1.82) is 0 Å². The number of hydrogen-bond acceptors (Lipinski definition) is 2. The summed E-state index contributed by atoms with van der Waals surface area (Å²) in [7, 11) is 2.31. The van der Waals surface area contributed by atoms with Gasteiger partial charge in [-0.25, -0.2) is 4.39 Å². The van der Waals surface area contributed by atoms with Crippen molar-refractivity contribution in [3.8, 4) is 0 Å². The molecule has 1 aromatic rings. The van der Waals surface area contributed by atoms with E-state index in [1.54, 1.807) is 22.6 Å². The number of benzene rings is 1. The van der Waals surface area contributed by atoms with Crippen LogP contribution in [0.3, 0.4) is 0 Å². The largest absolute Gasteiger partial charge is 0.371 e. The number of thioether (sulfide) groups is 1. The highest BCUT2D eigenvalue weighted by molar-refractivity contribution is 8.04. The van der Waals surface area contributed by atoms with E-state index >= 15 is 0 Å². The van der Waals surface area contributed by atoms with E-state index in [2.05, 4.69) is 23.7 Å². The Balaban J connectivity index is 1.47. The monoisotopic (exact) mass is 411 g/mol. The number of likely N-dealkylation sites (N-methyl/N-ethyl adjacent to an activating group) is 1. The number of halogens is 1. The summed E-state index contributed by atoms with van der Waals surface area (Å²) in [5, 5.41) is 0.831. The highest BCUT2D eigenvalue weighted by Crippen LogP contribution is 2.54. The van der Waals surface area contributed by atoms with E-state index in [-0.39, 0.29) is 5.82 Å². The fourth-order valence-corrected chi connectivity index (χ4v) is 8.14. The van der Waals surface area contributed by atoms with Crippen LogP contribution in [0.2, 0.25) is 0 Å². The van der Waals surface area contributed by atoms with Gasteiger partial charge in [-0.15, -0.1) is 11.8 Å². The minimum absolute atomic E-state index is 0.0599. The molecule has 0 bridgehead atoms. The summed E-state index contributed by atoms with van der Waals surface area (Å²) in [6.07, 6.45) is 15.6. The lowest BCUT2D eigenvalue weighted by Crippen LogP contribution is -2.37. The number of rotatable bonds is 3. The van der Waals surface area contributed by atoms with Gasteiger partial charge in [0.1, 0.15) is 5.82 Å². The third kappa shape index (κ3) is 3.69. The molecule has 0 aromatic heterocycles. The first kappa shape index (κ1) is 19.7. The van der Waals surface area contributed by atoms with Crippen LogP contribution in [0.4, 0.5) is 4.39 Å². The van der Waals surface area contributed by atoms with Gasteiger partial charge in [0, 0.05) is 23.6 Å². The second kappa shape index (κ2) is 8.49. The molecule has 29 heavy (non-hydrogen) atoms. The zero-order chi connectivity index (χ0) is 19.8. The Kier molecular flexibility index (Phi) is 5.78. The molecule has 3 atom stereocenters. The Morgan fingerprint density at radius 2 is 1.72 bits per heavy atom. The Hall–Kier alpha value is -1.22. The number of allylic oxidation sites excluding steroid dienone is 3. The van der Waals surface area contributed by atoms with E-state index in [4.69, 9.17) is 0 Å². The molecule has 0 amide bonds. The lowest BCUT2D eigenvalue weighted by Gasteiger charge is -2.39. The molecule has 0 radical (unpaired) electrons. The number of hydrogen-bond donors (Lipinski definition) is 0. The average Bonchev–Trinajstić information content (AvgIpc) is 3.32. The van der Waals surface area contributed by atoms with Crippen molar-refractivity contribution >= 4 is 17.3 Å². The summed E-state index contributed by atoms with van der Waals surface area (Å²) in [5.41, 5.74) is 5.30. The van der Waals surface area contributed by atoms with Crippen LogP contribution in [-0.4, -0.2) is 23.2 Å². The van der Waals surface area contributed by atoms with Gasteiger partial charge < -0.3 is 4.90 Å². The summed E-state index contributed by atoms with van der Waals surface area (Å²) in [6, 6.07) is 7.92. The highest BCUT2D eigenvalue weighted by Gasteiger charge is 2.42. The van der Waals surface area contributed by atoms with Gasteiger partial charge >= 0.3 is 0 Å². The topological polar surface area (TPSA) is 3.24 Å². The van der Waals surface area contributed by atoms with Crippen LogP contribution < -0.4 is 0 Å². The maximum Gasteiger partial charge on any atom is 0.130 e. The van der Waals surface area contributed by atoms with Gasteiger partial charge in [-0.05, 0) is 79.4 Å². The van der Waals surface area contributed by atoms with E-state index in [0.29, 0.717) is 6.04 Å². The van der Waals surface area contributed by atoms with Crippen molar-refractivity contribution in [2.24, 2.45) is 5.92 Å². The van der Waals surface area contributed by atoms with E-state index in [1.807, 2.05) is 12.1 Å². The Morgan fingerprint density at radius 1 is 0.897 bits per heavy atom. The van der Waals surface area contributed by atoms with Gasteiger partial charge in [0.05, 0.1) is 6.04 Å². The van der Waals surface area contributed by atoms with Crippen LogP contribution in [0.1, 0.15) is 82.6 Å².